The van der Waals surface area contributed by atoms with Gasteiger partial charge in [0.15, 0.2) is 0 Å². The molecule has 20 heavy (non-hydrogen) atoms. The second-order valence-corrected chi connectivity index (χ2v) is 5.07. The molecule has 0 spiro atoms. The van der Waals surface area contributed by atoms with Gasteiger partial charge in [-0.25, -0.2) is 4.98 Å². The molecule has 1 heterocycles. The van der Waals surface area contributed by atoms with Crippen molar-refractivity contribution in [2.45, 2.75) is 26.8 Å². The van der Waals surface area contributed by atoms with Gasteiger partial charge >= 0.3 is 0 Å². The van der Waals surface area contributed by atoms with Crippen molar-refractivity contribution in [1.29, 1.82) is 0 Å². The van der Waals surface area contributed by atoms with E-state index in [2.05, 4.69) is 58.9 Å². The van der Waals surface area contributed by atoms with E-state index in [1.807, 2.05) is 6.92 Å². The molecule has 0 saturated carbocycles. The number of nitrogen functional groups attached to an aromatic ring is 1. The molecule has 3 rings (SSSR count). The first kappa shape index (κ1) is 12.7. The van der Waals surface area contributed by atoms with E-state index in [0.29, 0.717) is 0 Å². The summed E-state index contributed by atoms with van der Waals surface area (Å²) in [5.74, 6) is 1.74. The Kier molecular flexibility index (Phi) is 3.18. The Labute approximate surface area is 119 Å². The Bertz CT molecular complexity index is 751. The third kappa shape index (κ3) is 1.95. The van der Waals surface area contributed by atoms with Gasteiger partial charge in [0.05, 0.1) is 0 Å². The first-order valence-electron chi connectivity index (χ1n) is 7.03. The largest absolute Gasteiger partial charge is 0.383 e. The van der Waals surface area contributed by atoms with E-state index in [9.17, 15) is 0 Å². The Morgan fingerprint density at radius 2 is 1.85 bits per heavy atom. The molecule has 0 aliphatic rings. The number of anilines is 1. The summed E-state index contributed by atoms with van der Waals surface area (Å²) < 4.78 is 2.09. The van der Waals surface area contributed by atoms with E-state index < -0.39 is 0 Å². The second kappa shape index (κ2) is 5.00. The highest BCUT2D eigenvalue weighted by Crippen LogP contribution is 2.32. The Balaban J connectivity index is 2.24. The summed E-state index contributed by atoms with van der Waals surface area (Å²) in [6, 6.07) is 14.6. The van der Waals surface area contributed by atoms with Gasteiger partial charge in [-0.3, -0.25) is 0 Å². The third-order valence-electron chi connectivity index (χ3n) is 3.69. The van der Waals surface area contributed by atoms with Gasteiger partial charge < -0.3 is 10.3 Å². The minimum absolute atomic E-state index is 0.765. The van der Waals surface area contributed by atoms with Crippen LogP contribution in [-0.4, -0.2) is 9.55 Å². The predicted octanol–water partition coefficient (Wildman–Crippen LogP) is 4.00. The molecular weight excluding hydrogens is 246 g/mol. The summed E-state index contributed by atoms with van der Waals surface area (Å²) in [7, 11) is 0. The van der Waals surface area contributed by atoms with Crippen LogP contribution in [0, 0.1) is 6.92 Å². The standard InChI is InChI=1S/C17H19N3/c1-3-11-20-12(2)19-16(17(20)18)15-10-6-8-13-7-4-5-9-14(13)15/h4-10H,3,11,18H2,1-2H3. The molecule has 2 aromatic carbocycles. The van der Waals surface area contributed by atoms with Crippen molar-refractivity contribution in [2.24, 2.45) is 0 Å². The average Bonchev–Trinajstić information content (AvgIpc) is 2.75. The number of aryl methyl sites for hydroxylation is 1. The molecule has 0 saturated heterocycles. The Morgan fingerprint density at radius 1 is 1.10 bits per heavy atom. The average molecular weight is 265 g/mol. The summed E-state index contributed by atoms with van der Waals surface area (Å²) in [5.41, 5.74) is 8.32. The van der Waals surface area contributed by atoms with E-state index in [1.54, 1.807) is 0 Å². The van der Waals surface area contributed by atoms with Gasteiger partial charge in [0, 0.05) is 12.1 Å². The fraction of sp³-hybridized carbons (Fsp3) is 0.235. The molecule has 1 aromatic heterocycles. The minimum Gasteiger partial charge on any atom is -0.383 e. The maximum atomic E-state index is 6.31. The fourth-order valence-electron chi connectivity index (χ4n) is 2.72. The fourth-order valence-corrected chi connectivity index (χ4v) is 2.72. The van der Waals surface area contributed by atoms with Crippen LogP contribution in [0.15, 0.2) is 42.5 Å². The molecule has 0 radical (unpaired) electrons. The molecule has 2 N–H and O–H groups in total. The van der Waals surface area contributed by atoms with Crippen LogP contribution in [-0.2, 0) is 6.54 Å². The topological polar surface area (TPSA) is 43.8 Å². The van der Waals surface area contributed by atoms with Gasteiger partial charge in [-0.1, -0.05) is 49.4 Å². The summed E-state index contributed by atoms with van der Waals surface area (Å²) in [4.78, 5) is 4.69. The van der Waals surface area contributed by atoms with Crippen LogP contribution in [0.25, 0.3) is 22.0 Å². The van der Waals surface area contributed by atoms with Crippen molar-refractivity contribution in [2.75, 3.05) is 5.73 Å². The molecule has 0 atom stereocenters. The lowest BCUT2D eigenvalue weighted by atomic mass is 10.0. The lowest BCUT2D eigenvalue weighted by Crippen LogP contribution is -2.04. The maximum absolute atomic E-state index is 6.31. The van der Waals surface area contributed by atoms with Crippen LogP contribution in [0.1, 0.15) is 19.2 Å². The number of imidazole rings is 1. The summed E-state index contributed by atoms with van der Waals surface area (Å²) in [6.45, 7) is 5.08. The highest BCUT2D eigenvalue weighted by Gasteiger charge is 2.14. The van der Waals surface area contributed by atoms with Crippen molar-refractivity contribution in [3.63, 3.8) is 0 Å². The number of hydrogen-bond donors (Lipinski definition) is 1. The van der Waals surface area contributed by atoms with Gasteiger partial charge in [-0.05, 0) is 24.1 Å². The number of hydrogen-bond acceptors (Lipinski definition) is 2. The van der Waals surface area contributed by atoms with Crippen LogP contribution in [0.2, 0.25) is 0 Å². The molecule has 3 heteroatoms. The summed E-state index contributed by atoms with van der Waals surface area (Å²) in [6.07, 6.45) is 1.05. The van der Waals surface area contributed by atoms with E-state index in [4.69, 9.17) is 5.73 Å². The third-order valence-corrected chi connectivity index (χ3v) is 3.69. The first-order valence-corrected chi connectivity index (χ1v) is 7.03. The SMILES string of the molecule is CCCn1c(C)nc(-c2cccc3ccccc23)c1N. The van der Waals surface area contributed by atoms with E-state index in [0.717, 1.165) is 35.9 Å². The monoisotopic (exact) mass is 265 g/mol. The normalized spacial score (nSPS) is 11.1. The molecule has 0 aliphatic heterocycles. The molecule has 0 unspecified atom stereocenters. The molecule has 0 fully saturated rings. The zero-order valence-corrected chi connectivity index (χ0v) is 11.9. The smallest absolute Gasteiger partial charge is 0.131 e. The molecule has 3 nitrogen and oxygen atoms in total. The molecular formula is C17H19N3. The van der Waals surface area contributed by atoms with E-state index in [1.165, 1.54) is 10.8 Å². The number of aromatic nitrogens is 2. The van der Waals surface area contributed by atoms with Crippen molar-refractivity contribution < 1.29 is 0 Å². The quantitative estimate of drug-likeness (QED) is 0.777. The van der Waals surface area contributed by atoms with Gasteiger partial charge in [-0.15, -0.1) is 0 Å². The lowest BCUT2D eigenvalue weighted by Gasteiger charge is -2.07. The van der Waals surface area contributed by atoms with E-state index >= 15 is 0 Å². The van der Waals surface area contributed by atoms with Gasteiger partial charge in [0.1, 0.15) is 17.3 Å². The second-order valence-electron chi connectivity index (χ2n) is 5.07. The molecule has 0 amide bonds. The number of fused-ring (bicyclic) bond motifs is 1. The van der Waals surface area contributed by atoms with Crippen molar-refractivity contribution in [3.05, 3.63) is 48.3 Å². The van der Waals surface area contributed by atoms with Gasteiger partial charge in [0.2, 0.25) is 0 Å². The lowest BCUT2D eigenvalue weighted by molar-refractivity contribution is 0.665. The zero-order chi connectivity index (χ0) is 14.1. The van der Waals surface area contributed by atoms with Gasteiger partial charge in [-0.2, -0.15) is 0 Å². The molecule has 3 aromatic rings. The number of benzene rings is 2. The maximum Gasteiger partial charge on any atom is 0.131 e. The van der Waals surface area contributed by atoms with Gasteiger partial charge in [0.25, 0.3) is 0 Å². The molecule has 0 bridgehead atoms. The minimum atomic E-state index is 0.765. The molecule has 0 aliphatic carbocycles. The summed E-state index contributed by atoms with van der Waals surface area (Å²) >= 11 is 0. The van der Waals surface area contributed by atoms with Crippen molar-refractivity contribution in [1.82, 2.24) is 9.55 Å². The first-order chi connectivity index (χ1) is 9.72. The Hall–Kier alpha value is -2.29. The van der Waals surface area contributed by atoms with Crippen LogP contribution >= 0.6 is 0 Å². The van der Waals surface area contributed by atoms with Crippen LogP contribution in [0.4, 0.5) is 5.82 Å². The van der Waals surface area contributed by atoms with Crippen molar-refractivity contribution in [3.8, 4) is 11.3 Å². The number of nitrogens with zero attached hydrogens (tertiary/aromatic N) is 2. The number of rotatable bonds is 3. The Morgan fingerprint density at radius 3 is 2.65 bits per heavy atom. The summed E-state index contributed by atoms with van der Waals surface area (Å²) in [5, 5.41) is 2.41. The highest BCUT2D eigenvalue weighted by molar-refractivity contribution is 5.97. The van der Waals surface area contributed by atoms with Crippen molar-refractivity contribution >= 4 is 16.6 Å². The highest BCUT2D eigenvalue weighted by atomic mass is 15.1. The number of nitrogens with two attached hydrogens (primary N) is 1. The van der Waals surface area contributed by atoms with E-state index in [-0.39, 0.29) is 0 Å². The van der Waals surface area contributed by atoms with Crippen LogP contribution in [0.3, 0.4) is 0 Å². The van der Waals surface area contributed by atoms with Crippen LogP contribution < -0.4 is 5.73 Å². The van der Waals surface area contributed by atoms with Crippen LogP contribution in [0.5, 0.6) is 0 Å². The zero-order valence-electron chi connectivity index (χ0n) is 11.9. The molecule has 102 valence electrons. The predicted molar refractivity (Wildman–Crippen MR) is 84.6 cm³/mol.